The molecule has 3 N–H and O–H groups in total. The Labute approximate surface area is 130 Å². The number of rotatable bonds is 6. The third-order valence-electron chi connectivity index (χ3n) is 3.74. The lowest BCUT2D eigenvalue weighted by Gasteiger charge is -2.36. The van der Waals surface area contributed by atoms with E-state index in [0.717, 1.165) is 23.9 Å². The number of nitrogen functional groups attached to an aromatic ring is 1. The molecule has 1 aliphatic heterocycles. The molecule has 1 fully saturated rings. The molecule has 112 valence electrons. The Morgan fingerprint density at radius 3 is 2.90 bits per heavy atom. The summed E-state index contributed by atoms with van der Waals surface area (Å²) in [4.78, 5) is 4.22. The molecule has 0 aliphatic carbocycles. The van der Waals surface area contributed by atoms with E-state index in [0.29, 0.717) is 11.3 Å². The van der Waals surface area contributed by atoms with Crippen molar-refractivity contribution >= 4 is 29.2 Å². The van der Waals surface area contributed by atoms with E-state index >= 15 is 0 Å². The van der Waals surface area contributed by atoms with Crippen LogP contribution < -0.4 is 11.1 Å². The van der Waals surface area contributed by atoms with Crippen LogP contribution in [-0.4, -0.2) is 39.6 Å². The van der Waals surface area contributed by atoms with E-state index in [9.17, 15) is 0 Å². The van der Waals surface area contributed by atoms with Gasteiger partial charge in [-0.2, -0.15) is 23.5 Å². The predicted molar refractivity (Wildman–Crippen MR) is 92.6 cm³/mol. The van der Waals surface area contributed by atoms with Gasteiger partial charge in [0, 0.05) is 46.1 Å². The van der Waals surface area contributed by atoms with Gasteiger partial charge in [0.2, 0.25) is 0 Å². The number of hydrogen-bond donors (Lipinski definition) is 2. The number of pyridine rings is 1. The molecule has 0 bridgehead atoms. The second-order valence-corrected chi connectivity index (χ2v) is 7.73. The van der Waals surface area contributed by atoms with Crippen LogP contribution in [0.1, 0.15) is 25.8 Å². The average molecular weight is 312 g/mol. The summed E-state index contributed by atoms with van der Waals surface area (Å²) in [6.45, 7) is 5.49. The minimum atomic E-state index is 0.481. The molecule has 1 aromatic heterocycles. The number of nitrogens with one attached hydrogen (secondary N) is 1. The van der Waals surface area contributed by atoms with E-state index < -0.39 is 0 Å². The van der Waals surface area contributed by atoms with Crippen LogP contribution in [0.15, 0.2) is 18.5 Å². The van der Waals surface area contributed by atoms with Crippen LogP contribution in [0.3, 0.4) is 0 Å². The van der Waals surface area contributed by atoms with Crippen molar-refractivity contribution in [2.75, 3.05) is 23.8 Å². The molecule has 20 heavy (non-hydrogen) atoms. The van der Waals surface area contributed by atoms with Gasteiger partial charge in [-0.15, -0.1) is 0 Å². The highest BCUT2D eigenvalue weighted by Gasteiger charge is 2.31. The topological polar surface area (TPSA) is 50.9 Å². The summed E-state index contributed by atoms with van der Waals surface area (Å²) >= 11 is 4.26. The van der Waals surface area contributed by atoms with Gasteiger partial charge in [0.05, 0.1) is 0 Å². The monoisotopic (exact) mass is 311 g/mol. The number of likely N-dealkylation sites (N-methyl/N-ethyl adjacent to an activating group) is 1. The quantitative estimate of drug-likeness (QED) is 0.846. The molecule has 0 amide bonds. The Kier molecular flexibility index (Phi) is 6.52. The molecule has 0 spiro atoms. The van der Waals surface area contributed by atoms with Crippen LogP contribution in [0.25, 0.3) is 0 Å². The fourth-order valence-electron chi connectivity index (χ4n) is 2.72. The standard InChI is InChI=1S/C15H25N3S2/c1-3-14-15(20-8-7-19-14)13(18-4-2)9-11-10-17-6-5-12(11)16/h5-6,10,13-15,18H,3-4,7-9H2,1-2H3,(H2,16,17). The molecule has 1 saturated heterocycles. The molecule has 3 unspecified atom stereocenters. The van der Waals surface area contributed by atoms with Crippen molar-refractivity contribution in [3.8, 4) is 0 Å². The lowest BCUT2D eigenvalue weighted by molar-refractivity contribution is 0.490. The molecule has 2 heterocycles. The minimum absolute atomic E-state index is 0.481. The summed E-state index contributed by atoms with van der Waals surface area (Å²) in [5.74, 6) is 2.55. The van der Waals surface area contributed by atoms with Crippen LogP contribution in [0.5, 0.6) is 0 Å². The SMILES string of the molecule is CCNC(Cc1cnccc1N)C1SCCSC1CC. The molecule has 0 aromatic carbocycles. The third kappa shape index (κ3) is 4.06. The fraction of sp³-hybridized carbons (Fsp3) is 0.667. The average Bonchev–Trinajstić information content (AvgIpc) is 2.49. The molecule has 3 atom stereocenters. The number of anilines is 1. The van der Waals surface area contributed by atoms with Crippen molar-refractivity contribution in [2.24, 2.45) is 0 Å². The van der Waals surface area contributed by atoms with Gasteiger partial charge in [-0.05, 0) is 31.0 Å². The zero-order chi connectivity index (χ0) is 14.4. The Morgan fingerprint density at radius 2 is 2.20 bits per heavy atom. The van der Waals surface area contributed by atoms with Gasteiger partial charge in [-0.3, -0.25) is 4.98 Å². The van der Waals surface area contributed by atoms with Gasteiger partial charge in [0.1, 0.15) is 0 Å². The highest BCUT2D eigenvalue weighted by atomic mass is 32.2. The Morgan fingerprint density at radius 1 is 1.40 bits per heavy atom. The lowest BCUT2D eigenvalue weighted by atomic mass is 10.00. The van der Waals surface area contributed by atoms with Gasteiger partial charge in [-0.25, -0.2) is 0 Å². The summed E-state index contributed by atoms with van der Waals surface area (Å²) in [5.41, 5.74) is 8.12. The van der Waals surface area contributed by atoms with Crippen LogP contribution >= 0.6 is 23.5 Å². The van der Waals surface area contributed by atoms with E-state index in [-0.39, 0.29) is 0 Å². The summed E-state index contributed by atoms with van der Waals surface area (Å²) in [7, 11) is 0. The summed E-state index contributed by atoms with van der Waals surface area (Å²) in [6.07, 6.45) is 5.90. The first-order chi connectivity index (χ1) is 9.76. The maximum Gasteiger partial charge on any atom is 0.0378 e. The molecule has 0 radical (unpaired) electrons. The van der Waals surface area contributed by atoms with Crippen molar-refractivity contribution in [3.05, 3.63) is 24.0 Å². The highest BCUT2D eigenvalue weighted by molar-refractivity contribution is 8.07. The highest BCUT2D eigenvalue weighted by Crippen LogP contribution is 2.36. The van der Waals surface area contributed by atoms with E-state index in [1.54, 1.807) is 6.20 Å². The Balaban J connectivity index is 2.11. The van der Waals surface area contributed by atoms with Gasteiger partial charge >= 0.3 is 0 Å². The Bertz CT molecular complexity index is 414. The molecule has 0 saturated carbocycles. The molecular formula is C15H25N3S2. The smallest absolute Gasteiger partial charge is 0.0378 e. The molecule has 2 rings (SSSR count). The third-order valence-corrected chi connectivity index (χ3v) is 7.15. The fourth-order valence-corrected chi connectivity index (χ4v) is 5.99. The van der Waals surface area contributed by atoms with E-state index in [1.807, 2.05) is 12.3 Å². The van der Waals surface area contributed by atoms with Crippen molar-refractivity contribution in [2.45, 2.75) is 43.2 Å². The van der Waals surface area contributed by atoms with Crippen LogP contribution in [0.2, 0.25) is 0 Å². The van der Waals surface area contributed by atoms with Crippen molar-refractivity contribution in [1.82, 2.24) is 10.3 Å². The van der Waals surface area contributed by atoms with E-state index in [2.05, 4.69) is 47.7 Å². The molecule has 5 heteroatoms. The van der Waals surface area contributed by atoms with Crippen molar-refractivity contribution in [3.63, 3.8) is 0 Å². The zero-order valence-electron chi connectivity index (χ0n) is 12.3. The maximum atomic E-state index is 6.08. The van der Waals surface area contributed by atoms with E-state index in [4.69, 9.17) is 5.73 Å². The minimum Gasteiger partial charge on any atom is -0.398 e. The van der Waals surface area contributed by atoms with E-state index in [1.165, 1.54) is 23.5 Å². The lowest BCUT2D eigenvalue weighted by Crippen LogP contribution is -2.46. The van der Waals surface area contributed by atoms with Crippen LogP contribution in [0, 0.1) is 0 Å². The van der Waals surface area contributed by atoms with Crippen LogP contribution in [-0.2, 0) is 6.42 Å². The predicted octanol–water partition coefficient (Wildman–Crippen LogP) is 2.81. The number of nitrogens with zero attached hydrogens (tertiary/aromatic N) is 1. The van der Waals surface area contributed by atoms with Gasteiger partial charge in [0.15, 0.2) is 0 Å². The van der Waals surface area contributed by atoms with Gasteiger partial charge in [-0.1, -0.05) is 13.8 Å². The van der Waals surface area contributed by atoms with Crippen LogP contribution in [0.4, 0.5) is 5.69 Å². The summed E-state index contributed by atoms with van der Waals surface area (Å²) in [6, 6.07) is 2.38. The number of nitrogens with two attached hydrogens (primary N) is 1. The largest absolute Gasteiger partial charge is 0.398 e. The summed E-state index contributed by atoms with van der Waals surface area (Å²) < 4.78 is 0. The van der Waals surface area contributed by atoms with Crippen molar-refractivity contribution in [1.29, 1.82) is 0 Å². The number of thioether (sulfide) groups is 2. The Hall–Kier alpha value is -0.390. The maximum absolute atomic E-state index is 6.08. The number of hydrogen-bond acceptors (Lipinski definition) is 5. The zero-order valence-corrected chi connectivity index (χ0v) is 14.0. The first kappa shape index (κ1) is 16.0. The number of aromatic nitrogens is 1. The van der Waals surface area contributed by atoms with Gasteiger partial charge in [0.25, 0.3) is 0 Å². The molecule has 1 aromatic rings. The first-order valence-corrected chi connectivity index (χ1v) is 9.51. The second-order valence-electron chi connectivity index (χ2n) is 5.10. The second kappa shape index (κ2) is 8.15. The summed E-state index contributed by atoms with van der Waals surface area (Å²) in [5, 5.41) is 5.09. The first-order valence-electron chi connectivity index (χ1n) is 7.41. The molecular weight excluding hydrogens is 286 g/mol. The normalized spacial score (nSPS) is 24.5. The van der Waals surface area contributed by atoms with Crippen molar-refractivity contribution < 1.29 is 0 Å². The molecule has 3 nitrogen and oxygen atoms in total. The van der Waals surface area contributed by atoms with Gasteiger partial charge < -0.3 is 11.1 Å². The molecule has 1 aliphatic rings.